The zero-order chi connectivity index (χ0) is 29.3. The first-order valence-electron chi connectivity index (χ1n) is 12.6. The van der Waals surface area contributed by atoms with Crippen molar-refractivity contribution in [2.24, 2.45) is 11.3 Å². The average molecular weight is 591 g/mol. The first kappa shape index (κ1) is 30.9. The number of nitrogens with zero attached hydrogens (tertiary/aromatic N) is 4. The molecule has 1 fully saturated rings. The van der Waals surface area contributed by atoms with Gasteiger partial charge in [0.2, 0.25) is 0 Å². The molecule has 1 atom stereocenters. The zero-order valence-electron chi connectivity index (χ0n) is 22.1. The fourth-order valence-corrected chi connectivity index (χ4v) is 5.66. The number of carboxylic acids is 1. The van der Waals surface area contributed by atoms with E-state index in [0.29, 0.717) is 6.42 Å². The number of hydrogen-bond acceptors (Lipinski definition) is 5. The van der Waals surface area contributed by atoms with Crippen molar-refractivity contribution < 1.29 is 32.7 Å². The number of carbonyl (C=O) groups is 3. The number of carbonyl (C=O) groups excluding carboxylic acids is 2. The minimum absolute atomic E-state index is 0.0362. The lowest BCUT2D eigenvalue weighted by Crippen LogP contribution is -2.43. The molecular formula is C26H31Cl2F3N4O4. The van der Waals surface area contributed by atoms with Crippen molar-refractivity contribution in [3.8, 4) is 0 Å². The fraction of sp³-hybridized carbons (Fsp3) is 0.577. The molecule has 0 aliphatic heterocycles. The van der Waals surface area contributed by atoms with Crippen LogP contribution in [-0.2, 0) is 11.0 Å². The van der Waals surface area contributed by atoms with E-state index < -0.39 is 59.1 Å². The van der Waals surface area contributed by atoms with Crippen molar-refractivity contribution in [3.05, 3.63) is 45.5 Å². The Bertz CT molecular complexity index is 1220. The molecule has 2 heterocycles. The Morgan fingerprint density at radius 1 is 1.13 bits per heavy atom. The van der Waals surface area contributed by atoms with Gasteiger partial charge >= 0.3 is 12.1 Å². The number of Topliss-reactive ketones (excluding diaryl/α,β-unsaturated/α-hetero) is 1. The highest BCUT2D eigenvalue weighted by Gasteiger charge is 2.45. The molecule has 39 heavy (non-hydrogen) atoms. The molecular weight excluding hydrogens is 560 g/mol. The highest BCUT2D eigenvalue weighted by molar-refractivity contribution is 6.39. The molecule has 1 saturated carbocycles. The van der Waals surface area contributed by atoms with Gasteiger partial charge in [0, 0.05) is 18.4 Å². The summed E-state index contributed by atoms with van der Waals surface area (Å²) in [4.78, 5) is 43.4. The maximum atomic E-state index is 14.4. The summed E-state index contributed by atoms with van der Waals surface area (Å²) in [7, 11) is 0. The third-order valence-corrected chi connectivity index (χ3v) is 7.84. The van der Waals surface area contributed by atoms with Gasteiger partial charge in [0.1, 0.15) is 0 Å². The van der Waals surface area contributed by atoms with Crippen LogP contribution in [0.3, 0.4) is 0 Å². The topological polar surface area (TPSA) is 105 Å². The second kappa shape index (κ2) is 11.8. The maximum Gasteiger partial charge on any atom is 0.433 e. The van der Waals surface area contributed by atoms with Gasteiger partial charge in [-0.1, -0.05) is 37.0 Å². The number of carboxylic acid groups (broad SMARTS) is 1. The number of pyridine rings is 1. The number of amides is 1. The number of aliphatic carboxylic acids is 1. The molecule has 1 N–H and O–H groups in total. The second-order valence-corrected chi connectivity index (χ2v) is 11.6. The van der Waals surface area contributed by atoms with E-state index in [1.54, 1.807) is 13.8 Å². The molecule has 1 unspecified atom stereocenters. The van der Waals surface area contributed by atoms with Crippen molar-refractivity contribution in [1.29, 1.82) is 0 Å². The van der Waals surface area contributed by atoms with Crippen molar-refractivity contribution in [2.75, 3.05) is 6.54 Å². The molecule has 0 saturated heterocycles. The molecule has 1 amide bonds. The first-order valence-corrected chi connectivity index (χ1v) is 13.3. The van der Waals surface area contributed by atoms with Gasteiger partial charge in [-0.3, -0.25) is 24.0 Å². The molecule has 2 aromatic heterocycles. The summed E-state index contributed by atoms with van der Waals surface area (Å²) in [6.07, 6.45) is -0.530. The largest absolute Gasteiger partial charge is 0.481 e. The van der Waals surface area contributed by atoms with Crippen molar-refractivity contribution in [2.45, 2.75) is 78.1 Å². The number of aromatic nitrogens is 3. The van der Waals surface area contributed by atoms with Gasteiger partial charge in [-0.05, 0) is 51.9 Å². The Labute approximate surface area is 234 Å². The summed E-state index contributed by atoms with van der Waals surface area (Å²) in [5.41, 5.74) is -2.99. The first-order chi connectivity index (χ1) is 18.1. The summed E-state index contributed by atoms with van der Waals surface area (Å²) in [6.45, 7) is 6.46. The van der Waals surface area contributed by atoms with Crippen LogP contribution < -0.4 is 0 Å². The molecule has 3 rings (SSSR count). The SMILES string of the molecule is CC(C)CC(C)N(CC(=O)c1c(Cl)cncc1Cl)C(=O)c1cnn([C@H]2CC[C@](C)(C(=O)O)CC2)c1C(F)(F)F. The van der Waals surface area contributed by atoms with Gasteiger partial charge in [-0.2, -0.15) is 18.3 Å². The van der Waals surface area contributed by atoms with Gasteiger partial charge in [0.05, 0.1) is 45.4 Å². The predicted octanol–water partition coefficient (Wildman–Crippen LogP) is 6.57. The lowest BCUT2D eigenvalue weighted by molar-refractivity contribution is -0.152. The Hall–Kier alpha value is -2.66. The van der Waals surface area contributed by atoms with E-state index in [9.17, 15) is 32.7 Å². The minimum atomic E-state index is -4.93. The molecule has 1 aliphatic carbocycles. The van der Waals surface area contributed by atoms with Crippen LogP contribution in [0.15, 0.2) is 18.6 Å². The van der Waals surface area contributed by atoms with Crippen molar-refractivity contribution >= 4 is 40.9 Å². The van der Waals surface area contributed by atoms with Crippen molar-refractivity contribution in [1.82, 2.24) is 19.7 Å². The molecule has 13 heteroatoms. The number of rotatable bonds is 9. The Kier molecular flexibility index (Phi) is 9.37. The Morgan fingerprint density at radius 2 is 1.69 bits per heavy atom. The normalized spacial score (nSPS) is 20.6. The third-order valence-electron chi connectivity index (χ3n) is 7.27. The molecule has 8 nitrogen and oxygen atoms in total. The minimum Gasteiger partial charge on any atom is -0.481 e. The fourth-order valence-electron chi connectivity index (χ4n) is 5.08. The summed E-state index contributed by atoms with van der Waals surface area (Å²) in [5, 5.41) is 13.4. The van der Waals surface area contributed by atoms with E-state index in [1.165, 1.54) is 12.4 Å². The van der Waals surface area contributed by atoms with Crippen LogP contribution in [0.5, 0.6) is 0 Å². The van der Waals surface area contributed by atoms with Crippen LogP contribution in [0.1, 0.15) is 92.3 Å². The molecule has 0 bridgehead atoms. The average Bonchev–Trinajstić information content (AvgIpc) is 3.28. The number of ketones is 1. The third kappa shape index (κ3) is 6.74. The highest BCUT2D eigenvalue weighted by Crippen LogP contribution is 2.43. The van der Waals surface area contributed by atoms with Gasteiger partial charge in [0.25, 0.3) is 5.91 Å². The Balaban J connectivity index is 2.00. The smallest absolute Gasteiger partial charge is 0.433 e. The molecule has 0 aromatic carbocycles. The summed E-state index contributed by atoms with van der Waals surface area (Å²) in [5.74, 6) is -2.56. The van der Waals surface area contributed by atoms with E-state index in [1.807, 2.05) is 13.8 Å². The van der Waals surface area contributed by atoms with E-state index in [-0.39, 0.29) is 47.2 Å². The molecule has 2 aromatic rings. The molecule has 1 aliphatic rings. The maximum absolute atomic E-state index is 14.4. The highest BCUT2D eigenvalue weighted by atomic mass is 35.5. The molecule has 214 valence electrons. The van der Waals surface area contributed by atoms with Crippen LogP contribution in [0.4, 0.5) is 13.2 Å². The van der Waals surface area contributed by atoms with Crippen LogP contribution in [0, 0.1) is 11.3 Å². The van der Waals surface area contributed by atoms with Crippen LogP contribution >= 0.6 is 23.2 Å². The Morgan fingerprint density at radius 3 is 2.18 bits per heavy atom. The van der Waals surface area contributed by atoms with Crippen LogP contribution in [-0.4, -0.2) is 55.0 Å². The molecule has 0 spiro atoms. The monoisotopic (exact) mass is 590 g/mol. The predicted molar refractivity (Wildman–Crippen MR) is 139 cm³/mol. The summed E-state index contributed by atoms with van der Waals surface area (Å²) >= 11 is 12.2. The van der Waals surface area contributed by atoms with E-state index in [2.05, 4.69) is 10.1 Å². The van der Waals surface area contributed by atoms with Crippen LogP contribution in [0.2, 0.25) is 10.0 Å². The summed E-state index contributed by atoms with van der Waals surface area (Å²) in [6, 6.07) is -1.33. The quantitative estimate of drug-likeness (QED) is 0.331. The van der Waals surface area contributed by atoms with Crippen LogP contribution in [0.25, 0.3) is 0 Å². The van der Waals surface area contributed by atoms with E-state index in [0.717, 1.165) is 15.8 Å². The van der Waals surface area contributed by atoms with Gasteiger partial charge in [-0.25, -0.2) is 0 Å². The number of hydrogen-bond donors (Lipinski definition) is 1. The van der Waals surface area contributed by atoms with Gasteiger partial charge in [-0.15, -0.1) is 0 Å². The van der Waals surface area contributed by atoms with E-state index >= 15 is 0 Å². The standard InChI is InChI=1S/C26H31Cl2F3N4O4/c1-14(2)9-15(3)34(13-20(36)21-18(27)11-32-12-19(21)28)23(37)17-10-33-35(22(17)26(29,30)31)16-5-7-25(4,8-6-16)24(38)39/h10-12,14-16H,5-9,13H2,1-4H3,(H,38,39)/t15?,16-,25-. The lowest BCUT2D eigenvalue weighted by Gasteiger charge is -2.35. The van der Waals surface area contributed by atoms with Crippen molar-refractivity contribution in [3.63, 3.8) is 0 Å². The van der Waals surface area contributed by atoms with E-state index in [4.69, 9.17) is 23.2 Å². The van der Waals surface area contributed by atoms with Gasteiger partial charge < -0.3 is 10.0 Å². The summed E-state index contributed by atoms with van der Waals surface area (Å²) < 4.78 is 44.0. The number of halogens is 5. The lowest BCUT2D eigenvalue weighted by atomic mass is 9.74. The number of alkyl halides is 3. The zero-order valence-corrected chi connectivity index (χ0v) is 23.6. The van der Waals surface area contributed by atoms with Gasteiger partial charge in [0.15, 0.2) is 11.5 Å². The molecule has 0 radical (unpaired) electrons. The second-order valence-electron chi connectivity index (χ2n) is 10.8.